The van der Waals surface area contributed by atoms with Crippen molar-refractivity contribution in [3.05, 3.63) is 47.2 Å². The fourth-order valence-electron chi connectivity index (χ4n) is 1.71. The van der Waals surface area contributed by atoms with Gasteiger partial charge in [0.25, 0.3) is 5.91 Å². The second kappa shape index (κ2) is 5.23. The van der Waals surface area contributed by atoms with Crippen molar-refractivity contribution in [2.24, 2.45) is 7.05 Å². The zero-order valence-electron chi connectivity index (χ0n) is 10.3. The number of amides is 1. The van der Waals surface area contributed by atoms with E-state index in [0.717, 1.165) is 11.3 Å². The highest BCUT2D eigenvalue weighted by molar-refractivity contribution is 6.17. The molecule has 0 saturated heterocycles. The standard InChI is InChI=1S/C13H14ClN3O/c1-9-6-12(17(2)16-9)15-13(18)11-5-3-4-10(7-11)8-14/h3-7H,8H2,1-2H3,(H,15,18). The molecule has 0 aliphatic rings. The number of carbonyl (C=O) groups excluding carboxylic acids is 1. The Morgan fingerprint density at radius 2 is 2.22 bits per heavy atom. The molecule has 1 aromatic carbocycles. The number of anilines is 1. The predicted octanol–water partition coefficient (Wildman–Crippen LogP) is 2.72. The van der Waals surface area contributed by atoms with E-state index in [4.69, 9.17) is 11.6 Å². The average molecular weight is 264 g/mol. The van der Waals surface area contributed by atoms with E-state index in [-0.39, 0.29) is 5.91 Å². The molecule has 1 amide bonds. The van der Waals surface area contributed by atoms with Gasteiger partial charge in [-0.1, -0.05) is 12.1 Å². The van der Waals surface area contributed by atoms with Crippen LogP contribution in [0, 0.1) is 6.92 Å². The summed E-state index contributed by atoms with van der Waals surface area (Å²) in [7, 11) is 1.79. The summed E-state index contributed by atoms with van der Waals surface area (Å²) in [6.45, 7) is 1.88. The Bertz CT molecular complexity index is 577. The first-order chi connectivity index (χ1) is 8.60. The van der Waals surface area contributed by atoms with Crippen LogP contribution < -0.4 is 5.32 Å². The molecule has 0 aliphatic heterocycles. The minimum Gasteiger partial charge on any atom is -0.307 e. The van der Waals surface area contributed by atoms with Crippen molar-refractivity contribution in [3.8, 4) is 0 Å². The lowest BCUT2D eigenvalue weighted by Crippen LogP contribution is -2.14. The van der Waals surface area contributed by atoms with Crippen molar-refractivity contribution in [2.45, 2.75) is 12.8 Å². The topological polar surface area (TPSA) is 46.9 Å². The van der Waals surface area contributed by atoms with Crippen LogP contribution in [0.5, 0.6) is 0 Å². The first-order valence-electron chi connectivity index (χ1n) is 5.57. The molecule has 2 aromatic rings. The Labute approximate surface area is 111 Å². The Morgan fingerprint density at radius 1 is 1.44 bits per heavy atom. The number of hydrogen-bond acceptors (Lipinski definition) is 2. The van der Waals surface area contributed by atoms with Crippen LogP contribution in [0.15, 0.2) is 30.3 Å². The molecular weight excluding hydrogens is 250 g/mol. The molecule has 1 aromatic heterocycles. The molecule has 0 bridgehead atoms. The molecule has 0 saturated carbocycles. The number of carbonyl (C=O) groups is 1. The second-order valence-corrected chi connectivity index (χ2v) is 4.35. The van der Waals surface area contributed by atoms with Crippen molar-refractivity contribution in [3.63, 3.8) is 0 Å². The molecule has 0 fully saturated rings. The number of nitrogens with one attached hydrogen (secondary N) is 1. The number of alkyl halides is 1. The van der Waals surface area contributed by atoms with E-state index in [9.17, 15) is 4.79 Å². The number of aromatic nitrogens is 2. The van der Waals surface area contributed by atoms with E-state index in [1.165, 1.54) is 0 Å². The third-order valence-corrected chi connectivity index (χ3v) is 2.90. The molecule has 0 spiro atoms. The number of benzene rings is 1. The maximum atomic E-state index is 12.0. The van der Waals surface area contributed by atoms with Crippen LogP contribution in [0.25, 0.3) is 0 Å². The van der Waals surface area contributed by atoms with Gasteiger partial charge in [-0.15, -0.1) is 11.6 Å². The highest BCUT2D eigenvalue weighted by Gasteiger charge is 2.09. The Morgan fingerprint density at radius 3 is 2.83 bits per heavy atom. The zero-order valence-corrected chi connectivity index (χ0v) is 11.0. The van der Waals surface area contributed by atoms with Crippen LogP contribution in [0.3, 0.4) is 0 Å². The Kier molecular flexibility index (Phi) is 3.67. The zero-order chi connectivity index (χ0) is 13.1. The molecule has 0 radical (unpaired) electrons. The highest BCUT2D eigenvalue weighted by atomic mass is 35.5. The van der Waals surface area contributed by atoms with Crippen LogP contribution in [-0.4, -0.2) is 15.7 Å². The maximum absolute atomic E-state index is 12.0. The van der Waals surface area contributed by atoms with Gasteiger partial charge in [0.2, 0.25) is 0 Å². The summed E-state index contributed by atoms with van der Waals surface area (Å²) in [6, 6.07) is 9.07. The van der Waals surface area contributed by atoms with Crippen molar-refractivity contribution in [1.82, 2.24) is 9.78 Å². The lowest BCUT2D eigenvalue weighted by Gasteiger charge is -2.06. The van der Waals surface area contributed by atoms with Crippen LogP contribution >= 0.6 is 11.6 Å². The SMILES string of the molecule is Cc1cc(NC(=O)c2cccc(CCl)c2)n(C)n1. The minimum absolute atomic E-state index is 0.162. The smallest absolute Gasteiger partial charge is 0.256 e. The van der Waals surface area contributed by atoms with Gasteiger partial charge in [0.05, 0.1) is 5.69 Å². The van der Waals surface area contributed by atoms with Gasteiger partial charge in [-0.3, -0.25) is 9.48 Å². The third kappa shape index (κ3) is 2.71. The molecule has 94 valence electrons. The molecule has 1 N–H and O–H groups in total. The number of rotatable bonds is 3. The van der Waals surface area contributed by atoms with Crippen molar-refractivity contribution in [2.75, 3.05) is 5.32 Å². The minimum atomic E-state index is -0.162. The van der Waals surface area contributed by atoms with E-state index in [0.29, 0.717) is 17.3 Å². The quantitative estimate of drug-likeness (QED) is 0.866. The predicted molar refractivity (Wildman–Crippen MR) is 71.9 cm³/mol. The van der Waals surface area contributed by atoms with Crippen LogP contribution in [0.2, 0.25) is 0 Å². The second-order valence-electron chi connectivity index (χ2n) is 4.08. The summed E-state index contributed by atoms with van der Waals surface area (Å²) >= 11 is 5.75. The molecular formula is C13H14ClN3O. The summed E-state index contributed by atoms with van der Waals surface area (Å²) in [4.78, 5) is 12.0. The largest absolute Gasteiger partial charge is 0.307 e. The Balaban J connectivity index is 2.19. The number of nitrogens with zero attached hydrogens (tertiary/aromatic N) is 2. The van der Waals surface area contributed by atoms with E-state index in [2.05, 4.69) is 10.4 Å². The molecule has 4 nitrogen and oxygen atoms in total. The summed E-state index contributed by atoms with van der Waals surface area (Å²) < 4.78 is 1.64. The molecule has 0 atom stereocenters. The normalized spacial score (nSPS) is 10.4. The molecule has 2 rings (SSSR count). The maximum Gasteiger partial charge on any atom is 0.256 e. The summed E-state index contributed by atoms with van der Waals surface area (Å²) in [5, 5.41) is 6.99. The first kappa shape index (κ1) is 12.6. The summed E-state index contributed by atoms with van der Waals surface area (Å²) in [6.07, 6.45) is 0. The summed E-state index contributed by atoms with van der Waals surface area (Å²) in [5.41, 5.74) is 2.37. The number of hydrogen-bond donors (Lipinski definition) is 1. The lowest BCUT2D eigenvalue weighted by atomic mass is 10.1. The molecule has 1 heterocycles. The van der Waals surface area contributed by atoms with Gasteiger partial charge >= 0.3 is 0 Å². The number of halogens is 1. The van der Waals surface area contributed by atoms with E-state index in [1.807, 2.05) is 25.1 Å². The van der Waals surface area contributed by atoms with Crippen molar-refractivity contribution >= 4 is 23.3 Å². The van der Waals surface area contributed by atoms with Crippen LogP contribution in [-0.2, 0) is 12.9 Å². The molecule has 0 aliphatic carbocycles. The lowest BCUT2D eigenvalue weighted by molar-refractivity contribution is 0.102. The average Bonchev–Trinajstić information content (AvgIpc) is 2.68. The number of aryl methyl sites for hydroxylation is 2. The van der Waals surface area contributed by atoms with E-state index in [1.54, 1.807) is 23.9 Å². The van der Waals surface area contributed by atoms with Crippen LogP contribution in [0.1, 0.15) is 21.6 Å². The summed E-state index contributed by atoms with van der Waals surface area (Å²) in [5.74, 6) is 0.908. The van der Waals surface area contributed by atoms with Crippen molar-refractivity contribution in [1.29, 1.82) is 0 Å². The molecule has 0 unspecified atom stereocenters. The molecule has 5 heteroatoms. The van der Waals surface area contributed by atoms with Gasteiger partial charge in [-0.2, -0.15) is 5.10 Å². The van der Waals surface area contributed by atoms with Gasteiger partial charge in [0, 0.05) is 24.6 Å². The fraction of sp³-hybridized carbons (Fsp3) is 0.231. The monoisotopic (exact) mass is 263 g/mol. The van der Waals surface area contributed by atoms with Gasteiger partial charge in [0.15, 0.2) is 0 Å². The van der Waals surface area contributed by atoms with E-state index >= 15 is 0 Å². The molecule has 18 heavy (non-hydrogen) atoms. The highest BCUT2D eigenvalue weighted by Crippen LogP contribution is 2.12. The van der Waals surface area contributed by atoms with E-state index < -0.39 is 0 Å². The van der Waals surface area contributed by atoms with Crippen LogP contribution in [0.4, 0.5) is 5.82 Å². The Hall–Kier alpha value is -1.81. The van der Waals surface area contributed by atoms with Gasteiger partial charge in [0.1, 0.15) is 5.82 Å². The van der Waals surface area contributed by atoms with Crippen molar-refractivity contribution < 1.29 is 4.79 Å². The van der Waals surface area contributed by atoms with Gasteiger partial charge < -0.3 is 5.32 Å². The van der Waals surface area contributed by atoms with Gasteiger partial charge in [-0.05, 0) is 24.6 Å². The first-order valence-corrected chi connectivity index (χ1v) is 6.10. The third-order valence-electron chi connectivity index (χ3n) is 2.59. The fourth-order valence-corrected chi connectivity index (χ4v) is 1.88. The van der Waals surface area contributed by atoms with Gasteiger partial charge in [-0.25, -0.2) is 0 Å².